The number of nitrogens with one attached hydrogen (secondary N) is 2. The zero-order chi connectivity index (χ0) is 20.4. The van der Waals surface area contributed by atoms with E-state index in [0.29, 0.717) is 13.1 Å². The second-order valence-electron chi connectivity index (χ2n) is 7.97. The minimum Gasteiger partial charge on any atom is -0.444 e. The fraction of sp³-hybridized carbons (Fsp3) is 0.619. The number of benzene rings is 1. The van der Waals surface area contributed by atoms with Crippen LogP contribution in [0.4, 0.5) is 4.79 Å². The molecule has 1 aromatic carbocycles. The maximum absolute atomic E-state index is 12.1. The second kappa shape index (κ2) is 12.9. The highest BCUT2D eigenvalue weighted by molar-refractivity contribution is 14.0. The van der Waals surface area contributed by atoms with E-state index in [0.717, 1.165) is 45.1 Å². The Morgan fingerprint density at radius 1 is 1.07 bits per heavy atom. The van der Waals surface area contributed by atoms with Gasteiger partial charge in [0.05, 0.1) is 0 Å². The molecule has 1 aliphatic heterocycles. The third-order valence-electron chi connectivity index (χ3n) is 4.52. The quantitative estimate of drug-likeness (QED) is 0.345. The number of halogens is 1. The van der Waals surface area contributed by atoms with Crippen LogP contribution in [0.1, 0.15) is 26.3 Å². The molecule has 0 radical (unpaired) electrons. The van der Waals surface area contributed by atoms with Crippen molar-refractivity contribution in [3.05, 3.63) is 35.9 Å². The minimum atomic E-state index is -0.443. The molecule has 0 aromatic heterocycles. The smallest absolute Gasteiger partial charge is 0.410 e. The van der Waals surface area contributed by atoms with E-state index in [1.165, 1.54) is 5.56 Å². The van der Waals surface area contributed by atoms with Crippen LogP contribution in [0.15, 0.2) is 35.3 Å². The number of aliphatic imine (C=N–C) groups is 1. The van der Waals surface area contributed by atoms with Gasteiger partial charge in [-0.25, -0.2) is 4.79 Å². The topological polar surface area (TPSA) is 69.2 Å². The van der Waals surface area contributed by atoms with Gasteiger partial charge in [0, 0.05) is 52.9 Å². The van der Waals surface area contributed by atoms with Crippen LogP contribution in [0, 0.1) is 0 Å². The van der Waals surface area contributed by atoms with Crippen LogP contribution in [-0.2, 0) is 11.2 Å². The van der Waals surface area contributed by atoms with E-state index in [4.69, 9.17) is 4.74 Å². The molecule has 0 unspecified atom stereocenters. The number of carbonyl (C=O) groups is 1. The van der Waals surface area contributed by atoms with E-state index in [1.54, 1.807) is 11.9 Å². The molecule has 8 heteroatoms. The lowest BCUT2D eigenvalue weighted by atomic mass is 10.1. The van der Waals surface area contributed by atoms with E-state index in [9.17, 15) is 4.79 Å². The minimum absolute atomic E-state index is 0. The molecule has 0 spiro atoms. The molecule has 1 heterocycles. The fourth-order valence-corrected chi connectivity index (χ4v) is 3.00. The highest BCUT2D eigenvalue weighted by Crippen LogP contribution is 2.11. The van der Waals surface area contributed by atoms with Crippen LogP contribution in [0.3, 0.4) is 0 Å². The number of nitrogens with zero attached hydrogens (tertiary/aromatic N) is 3. The zero-order valence-corrected chi connectivity index (χ0v) is 20.4. The SMILES string of the molecule is CN=C(NCCc1ccccc1)NCCN1CCN(C(=O)OC(C)(C)C)CC1.I. The maximum Gasteiger partial charge on any atom is 0.410 e. The third-order valence-corrected chi connectivity index (χ3v) is 4.52. The van der Waals surface area contributed by atoms with Crippen molar-refractivity contribution in [2.24, 2.45) is 4.99 Å². The highest BCUT2D eigenvalue weighted by Gasteiger charge is 2.25. The molecule has 0 aliphatic carbocycles. The van der Waals surface area contributed by atoms with E-state index in [2.05, 4.69) is 44.8 Å². The van der Waals surface area contributed by atoms with Crippen LogP contribution in [0.25, 0.3) is 0 Å². The van der Waals surface area contributed by atoms with Crippen molar-refractivity contribution in [3.63, 3.8) is 0 Å². The number of ether oxygens (including phenoxy) is 1. The van der Waals surface area contributed by atoms with Crippen LogP contribution < -0.4 is 10.6 Å². The van der Waals surface area contributed by atoms with Gasteiger partial charge in [-0.2, -0.15) is 0 Å². The summed E-state index contributed by atoms with van der Waals surface area (Å²) in [5, 5.41) is 6.71. The van der Waals surface area contributed by atoms with Crippen molar-refractivity contribution in [2.45, 2.75) is 32.8 Å². The van der Waals surface area contributed by atoms with E-state index in [1.807, 2.05) is 26.8 Å². The Kier molecular flexibility index (Phi) is 11.3. The average Bonchev–Trinajstić information content (AvgIpc) is 2.67. The molecule has 0 atom stereocenters. The summed E-state index contributed by atoms with van der Waals surface area (Å²) < 4.78 is 5.44. The largest absolute Gasteiger partial charge is 0.444 e. The summed E-state index contributed by atoms with van der Waals surface area (Å²) in [6.45, 7) is 11.4. The first-order valence-corrected chi connectivity index (χ1v) is 10.1. The van der Waals surface area contributed by atoms with Crippen molar-refractivity contribution < 1.29 is 9.53 Å². The molecule has 7 nitrogen and oxygen atoms in total. The van der Waals surface area contributed by atoms with Gasteiger partial charge in [0.25, 0.3) is 0 Å². The first kappa shape index (κ1) is 25.5. The van der Waals surface area contributed by atoms with Crippen LogP contribution >= 0.6 is 24.0 Å². The Morgan fingerprint density at radius 2 is 1.69 bits per heavy atom. The summed E-state index contributed by atoms with van der Waals surface area (Å²) in [6.07, 6.45) is 0.752. The first-order chi connectivity index (χ1) is 13.4. The van der Waals surface area contributed by atoms with Gasteiger partial charge in [-0.15, -0.1) is 24.0 Å². The summed E-state index contributed by atoms with van der Waals surface area (Å²) in [5.74, 6) is 0.823. The monoisotopic (exact) mass is 517 g/mol. The van der Waals surface area contributed by atoms with Gasteiger partial charge >= 0.3 is 6.09 Å². The molecule has 2 N–H and O–H groups in total. The number of hydrogen-bond donors (Lipinski definition) is 2. The molecule has 164 valence electrons. The van der Waals surface area contributed by atoms with Gasteiger partial charge in [0.1, 0.15) is 5.60 Å². The Labute approximate surface area is 192 Å². The molecular weight excluding hydrogens is 481 g/mol. The van der Waals surface area contributed by atoms with E-state index < -0.39 is 5.60 Å². The zero-order valence-electron chi connectivity index (χ0n) is 18.1. The van der Waals surface area contributed by atoms with Gasteiger partial charge in [-0.3, -0.25) is 9.89 Å². The molecule has 1 saturated heterocycles. The van der Waals surface area contributed by atoms with Crippen molar-refractivity contribution in [1.82, 2.24) is 20.4 Å². The molecule has 1 fully saturated rings. The number of carbonyl (C=O) groups excluding carboxylic acids is 1. The van der Waals surface area contributed by atoms with E-state index >= 15 is 0 Å². The summed E-state index contributed by atoms with van der Waals surface area (Å²) in [4.78, 5) is 20.5. The summed E-state index contributed by atoms with van der Waals surface area (Å²) in [7, 11) is 1.79. The summed E-state index contributed by atoms with van der Waals surface area (Å²) >= 11 is 0. The Morgan fingerprint density at radius 3 is 2.28 bits per heavy atom. The van der Waals surface area contributed by atoms with Gasteiger partial charge in [-0.1, -0.05) is 30.3 Å². The number of guanidine groups is 1. The summed E-state index contributed by atoms with van der Waals surface area (Å²) in [6, 6.07) is 10.4. The Bertz CT molecular complexity index is 626. The number of rotatable bonds is 6. The maximum atomic E-state index is 12.1. The summed E-state index contributed by atoms with van der Waals surface area (Å²) in [5.41, 5.74) is 0.870. The van der Waals surface area contributed by atoms with Crippen LogP contribution in [0.2, 0.25) is 0 Å². The lowest BCUT2D eigenvalue weighted by Gasteiger charge is -2.35. The van der Waals surface area contributed by atoms with Crippen molar-refractivity contribution in [3.8, 4) is 0 Å². The molecule has 1 amide bonds. The van der Waals surface area contributed by atoms with Crippen LogP contribution in [-0.4, -0.2) is 80.3 Å². The number of hydrogen-bond acceptors (Lipinski definition) is 4. The van der Waals surface area contributed by atoms with Crippen molar-refractivity contribution in [2.75, 3.05) is 52.9 Å². The molecule has 0 saturated carbocycles. The molecule has 1 aromatic rings. The second-order valence-corrected chi connectivity index (χ2v) is 7.97. The molecule has 29 heavy (non-hydrogen) atoms. The predicted octanol–water partition coefficient (Wildman–Crippen LogP) is 2.56. The van der Waals surface area contributed by atoms with Gasteiger partial charge in [0.15, 0.2) is 5.96 Å². The van der Waals surface area contributed by atoms with Crippen LogP contribution in [0.5, 0.6) is 0 Å². The van der Waals surface area contributed by atoms with Crippen molar-refractivity contribution in [1.29, 1.82) is 0 Å². The third kappa shape index (κ3) is 10.2. The predicted molar refractivity (Wildman–Crippen MR) is 129 cm³/mol. The molecule has 2 rings (SSSR count). The Balaban J connectivity index is 0.00000420. The van der Waals surface area contributed by atoms with Gasteiger partial charge in [0.2, 0.25) is 0 Å². The lowest BCUT2D eigenvalue weighted by molar-refractivity contribution is 0.0147. The average molecular weight is 517 g/mol. The van der Waals surface area contributed by atoms with Gasteiger partial charge < -0.3 is 20.3 Å². The number of amides is 1. The standard InChI is InChI=1S/C21H35N5O2.HI/c1-21(2,3)28-20(27)26-16-14-25(15-17-26)13-12-24-19(22-4)23-11-10-18-8-6-5-7-9-18;/h5-9H,10-17H2,1-4H3,(H2,22,23,24);1H. The molecular formula is C21H36IN5O2. The molecule has 0 bridgehead atoms. The van der Waals surface area contributed by atoms with Gasteiger partial charge in [-0.05, 0) is 32.8 Å². The number of piperazine rings is 1. The Hall–Kier alpha value is -1.55. The van der Waals surface area contributed by atoms with Crippen molar-refractivity contribution >= 4 is 36.0 Å². The van der Waals surface area contributed by atoms with E-state index in [-0.39, 0.29) is 30.1 Å². The molecule has 1 aliphatic rings. The lowest BCUT2D eigenvalue weighted by Crippen LogP contribution is -2.51. The normalized spacial score (nSPS) is 15.4. The first-order valence-electron chi connectivity index (χ1n) is 10.1. The highest BCUT2D eigenvalue weighted by atomic mass is 127. The fourth-order valence-electron chi connectivity index (χ4n) is 3.00.